The summed E-state index contributed by atoms with van der Waals surface area (Å²) in [6, 6.07) is 9.18. The van der Waals surface area contributed by atoms with Crippen molar-refractivity contribution in [2.45, 2.75) is 44.4 Å². The highest BCUT2D eigenvalue weighted by molar-refractivity contribution is 5.36. The minimum atomic E-state index is 0.0234. The fraction of sp³-hybridized carbons (Fsp3) is 0.571. The van der Waals surface area contributed by atoms with E-state index in [9.17, 15) is 0 Å². The summed E-state index contributed by atoms with van der Waals surface area (Å²) >= 11 is 0. The Morgan fingerprint density at radius 3 is 2.38 bits per heavy atom. The molecule has 0 amide bonds. The first kappa shape index (κ1) is 10.3. The molecule has 0 saturated carbocycles. The fourth-order valence-electron chi connectivity index (χ4n) is 2.92. The van der Waals surface area contributed by atoms with Gasteiger partial charge in [0, 0.05) is 25.4 Å². The van der Waals surface area contributed by atoms with Crippen molar-refractivity contribution >= 4 is 0 Å². The zero-order chi connectivity index (χ0) is 11.2. The fourth-order valence-corrected chi connectivity index (χ4v) is 2.92. The van der Waals surface area contributed by atoms with Gasteiger partial charge in [0.2, 0.25) is 0 Å². The van der Waals surface area contributed by atoms with E-state index >= 15 is 0 Å². The third-order valence-corrected chi connectivity index (χ3v) is 4.03. The second-order valence-corrected chi connectivity index (χ2v) is 5.30. The second-order valence-electron chi connectivity index (χ2n) is 5.30. The summed E-state index contributed by atoms with van der Waals surface area (Å²) in [4.78, 5) is 0. The summed E-state index contributed by atoms with van der Waals surface area (Å²) in [6.45, 7) is 5.34. The Bertz CT molecular complexity index is 376. The van der Waals surface area contributed by atoms with Gasteiger partial charge in [0.15, 0.2) is 0 Å². The van der Waals surface area contributed by atoms with Gasteiger partial charge in [0.05, 0.1) is 11.7 Å². The summed E-state index contributed by atoms with van der Waals surface area (Å²) in [5, 5.41) is 3.57. The summed E-state index contributed by atoms with van der Waals surface area (Å²) < 4.78 is 6.27. The number of fused-ring (bicyclic) bond motifs is 1. The van der Waals surface area contributed by atoms with Gasteiger partial charge in [-0.3, -0.25) is 0 Å². The van der Waals surface area contributed by atoms with Crippen LogP contribution in [0.5, 0.6) is 0 Å². The molecule has 1 aliphatic heterocycles. The molecule has 1 heterocycles. The molecule has 1 saturated heterocycles. The molecule has 16 heavy (non-hydrogen) atoms. The Kier molecular flexibility index (Phi) is 2.30. The van der Waals surface area contributed by atoms with E-state index in [-0.39, 0.29) is 5.60 Å². The van der Waals surface area contributed by atoms with Crippen LogP contribution in [-0.2, 0) is 17.6 Å². The first-order valence-corrected chi connectivity index (χ1v) is 6.17. The van der Waals surface area contributed by atoms with E-state index in [4.69, 9.17) is 4.74 Å². The van der Waals surface area contributed by atoms with Gasteiger partial charge < -0.3 is 10.1 Å². The Balaban J connectivity index is 1.84. The molecule has 0 radical (unpaired) electrons. The van der Waals surface area contributed by atoms with Crippen molar-refractivity contribution in [3.8, 4) is 0 Å². The molecule has 2 nitrogen and oxygen atoms in total. The number of benzene rings is 1. The van der Waals surface area contributed by atoms with Crippen molar-refractivity contribution in [2.75, 3.05) is 6.54 Å². The minimum Gasteiger partial charge on any atom is -0.368 e. The van der Waals surface area contributed by atoms with Crippen molar-refractivity contribution in [1.82, 2.24) is 5.32 Å². The number of rotatable bonds is 0. The smallest absolute Gasteiger partial charge is 0.0891 e. The SMILES string of the molecule is CC1NCC2(Cc3ccccc3C2)OC1C. The van der Waals surface area contributed by atoms with Crippen LogP contribution in [0.15, 0.2) is 24.3 Å². The normalized spacial score (nSPS) is 31.6. The number of nitrogens with one attached hydrogen (secondary N) is 1. The lowest BCUT2D eigenvalue weighted by Gasteiger charge is -2.41. The predicted octanol–water partition coefficient (Wildman–Crippen LogP) is 1.92. The molecular weight excluding hydrogens is 198 g/mol. The zero-order valence-corrected chi connectivity index (χ0v) is 9.99. The van der Waals surface area contributed by atoms with Gasteiger partial charge in [-0.15, -0.1) is 0 Å². The maximum atomic E-state index is 6.27. The summed E-state index contributed by atoms with van der Waals surface area (Å²) in [5.41, 5.74) is 2.95. The molecule has 1 aromatic rings. The van der Waals surface area contributed by atoms with Crippen LogP contribution in [0.25, 0.3) is 0 Å². The van der Waals surface area contributed by atoms with Crippen LogP contribution in [0.3, 0.4) is 0 Å². The van der Waals surface area contributed by atoms with E-state index in [0.717, 1.165) is 19.4 Å². The second kappa shape index (κ2) is 3.57. The van der Waals surface area contributed by atoms with Crippen molar-refractivity contribution in [3.05, 3.63) is 35.4 Å². The average Bonchev–Trinajstić information content (AvgIpc) is 2.62. The third kappa shape index (κ3) is 1.57. The highest BCUT2D eigenvalue weighted by atomic mass is 16.5. The maximum Gasteiger partial charge on any atom is 0.0891 e. The van der Waals surface area contributed by atoms with Gasteiger partial charge in [0.1, 0.15) is 0 Å². The van der Waals surface area contributed by atoms with Gasteiger partial charge in [0.25, 0.3) is 0 Å². The van der Waals surface area contributed by atoms with Gasteiger partial charge in [-0.1, -0.05) is 24.3 Å². The highest BCUT2D eigenvalue weighted by Crippen LogP contribution is 2.35. The Morgan fingerprint density at radius 1 is 1.19 bits per heavy atom. The zero-order valence-electron chi connectivity index (χ0n) is 9.99. The highest BCUT2D eigenvalue weighted by Gasteiger charge is 2.42. The van der Waals surface area contributed by atoms with E-state index in [2.05, 4.69) is 43.4 Å². The third-order valence-electron chi connectivity index (χ3n) is 4.03. The molecule has 1 aromatic carbocycles. The van der Waals surface area contributed by atoms with E-state index in [1.165, 1.54) is 11.1 Å². The van der Waals surface area contributed by atoms with Crippen LogP contribution in [0.2, 0.25) is 0 Å². The first-order chi connectivity index (χ1) is 7.69. The van der Waals surface area contributed by atoms with Gasteiger partial charge >= 0.3 is 0 Å². The molecule has 1 aliphatic carbocycles. The molecule has 0 aromatic heterocycles. The minimum absolute atomic E-state index is 0.0234. The van der Waals surface area contributed by atoms with Crippen molar-refractivity contribution in [3.63, 3.8) is 0 Å². The lowest BCUT2D eigenvalue weighted by atomic mass is 9.96. The van der Waals surface area contributed by atoms with E-state index in [1.807, 2.05) is 0 Å². The lowest BCUT2D eigenvalue weighted by molar-refractivity contribution is -0.119. The largest absolute Gasteiger partial charge is 0.368 e. The van der Waals surface area contributed by atoms with Crippen molar-refractivity contribution in [2.24, 2.45) is 0 Å². The molecule has 3 rings (SSSR count). The van der Waals surface area contributed by atoms with E-state index in [1.54, 1.807) is 0 Å². The van der Waals surface area contributed by atoms with E-state index in [0.29, 0.717) is 12.1 Å². The predicted molar refractivity (Wildman–Crippen MR) is 64.6 cm³/mol. The summed E-state index contributed by atoms with van der Waals surface area (Å²) in [7, 11) is 0. The van der Waals surface area contributed by atoms with Crippen LogP contribution >= 0.6 is 0 Å². The molecule has 1 spiro atoms. The van der Waals surface area contributed by atoms with Crippen LogP contribution in [0.4, 0.5) is 0 Å². The van der Waals surface area contributed by atoms with E-state index < -0.39 is 0 Å². The number of hydrogen-bond acceptors (Lipinski definition) is 2. The van der Waals surface area contributed by atoms with Crippen molar-refractivity contribution in [1.29, 1.82) is 0 Å². The Labute approximate surface area is 97.0 Å². The van der Waals surface area contributed by atoms with Gasteiger partial charge in [-0.2, -0.15) is 0 Å². The van der Waals surface area contributed by atoms with Crippen LogP contribution in [0, 0.1) is 0 Å². The monoisotopic (exact) mass is 217 g/mol. The molecule has 0 bridgehead atoms. The van der Waals surface area contributed by atoms with Crippen molar-refractivity contribution < 1.29 is 4.74 Å². The van der Waals surface area contributed by atoms with Gasteiger partial charge in [-0.25, -0.2) is 0 Å². The molecule has 2 aliphatic rings. The molecule has 2 atom stereocenters. The standard InChI is InChI=1S/C14H19NO/c1-10-11(2)16-14(9-15-10)7-12-5-3-4-6-13(12)8-14/h3-6,10-11,15H,7-9H2,1-2H3. The molecule has 1 fully saturated rings. The number of morpholine rings is 1. The molecule has 86 valence electrons. The Hall–Kier alpha value is -0.860. The summed E-state index contributed by atoms with van der Waals surface area (Å²) in [6.07, 6.45) is 2.43. The maximum absolute atomic E-state index is 6.27. The summed E-state index contributed by atoms with van der Waals surface area (Å²) in [5.74, 6) is 0. The lowest BCUT2D eigenvalue weighted by Crippen LogP contribution is -2.57. The topological polar surface area (TPSA) is 21.3 Å². The van der Waals surface area contributed by atoms with Gasteiger partial charge in [-0.05, 0) is 25.0 Å². The molecule has 2 unspecified atom stereocenters. The molecule has 2 heteroatoms. The molecular formula is C14H19NO. The number of ether oxygens (including phenoxy) is 1. The quantitative estimate of drug-likeness (QED) is 0.717. The van der Waals surface area contributed by atoms with Crippen LogP contribution in [-0.4, -0.2) is 24.3 Å². The van der Waals surface area contributed by atoms with Crippen LogP contribution in [0.1, 0.15) is 25.0 Å². The van der Waals surface area contributed by atoms with Crippen LogP contribution < -0.4 is 5.32 Å². The Morgan fingerprint density at radius 2 is 1.81 bits per heavy atom. The molecule has 1 N–H and O–H groups in total. The average molecular weight is 217 g/mol. The number of hydrogen-bond donors (Lipinski definition) is 1. The first-order valence-electron chi connectivity index (χ1n) is 6.17.